The number of anilines is 2. The van der Waals surface area contributed by atoms with E-state index in [-0.39, 0.29) is 0 Å². The molecule has 1 fully saturated rings. The topological polar surface area (TPSA) is 53.0 Å². The Hall–Kier alpha value is -1.69. The number of nitrogens with zero attached hydrogens (tertiary/aromatic N) is 2. The van der Waals surface area contributed by atoms with E-state index in [1.807, 2.05) is 12.1 Å². The highest BCUT2D eigenvalue weighted by Crippen LogP contribution is 2.33. The van der Waals surface area contributed by atoms with Gasteiger partial charge in [0.2, 0.25) is 0 Å². The van der Waals surface area contributed by atoms with E-state index in [0.29, 0.717) is 17.5 Å². The van der Waals surface area contributed by atoms with Gasteiger partial charge in [0, 0.05) is 12.6 Å². The third-order valence-corrected chi connectivity index (χ3v) is 3.25. The molecule has 84 valence electrons. The largest absolute Gasteiger partial charge is 0.397 e. The highest BCUT2D eigenvalue weighted by Gasteiger charge is 2.27. The van der Waals surface area contributed by atoms with Crippen molar-refractivity contribution in [3.63, 3.8) is 0 Å². The third kappa shape index (κ3) is 1.83. The van der Waals surface area contributed by atoms with Crippen molar-refractivity contribution in [2.45, 2.75) is 26.3 Å². The van der Waals surface area contributed by atoms with Gasteiger partial charge in [-0.2, -0.15) is 5.26 Å². The molecule has 16 heavy (non-hydrogen) atoms. The summed E-state index contributed by atoms with van der Waals surface area (Å²) in [5.41, 5.74) is 8.43. The van der Waals surface area contributed by atoms with E-state index in [4.69, 9.17) is 11.0 Å². The molecule has 2 unspecified atom stereocenters. The number of nitrogen functional groups attached to an aromatic ring is 1. The molecular weight excluding hydrogens is 198 g/mol. The quantitative estimate of drug-likeness (QED) is 0.732. The fraction of sp³-hybridized carbons (Fsp3) is 0.462. The van der Waals surface area contributed by atoms with E-state index in [9.17, 15) is 0 Å². The molecule has 3 heteroatoms. The Labute approximate surface area is 96.5 Å². The molecule has 0 amide bonds. The normalized spacial score (nSPS) is 24.4. The molecule has 1 aliphatic heterocycles. The van der Waals surface area contributed by atoms with Crippen LogP contribution >= 0.6 is 0 Å². The Balaban J connectivity index is 2.36. The van der Waals surface area contributed by atoms with Crippen LogP contribution in [0.25, 0.3) is 0 Å². The summed E-state index contributed by atoms with van der Waals surface area (Å²) in [4.78, 5) is 2.31. The van der Waals surface area contributed by atoms with Gasteiger partial charge in [0.15, 0.2) is 0 Å². The van der Waals surface area contributed by atoms with Gasteiger partial charge in [0.25, 0.3) is 0 Å². The van der Waals surface area contributed by atoms with E-state index in [1.165, 1.54) is 6.42 Å². The van der Waals surface area contributed by atoms with Gasteiger partial charge < -0.3 is 10.6 Å². The second-order valence-corrected chi connectivity index (χ2v) is 4.73. The van der Waals surface area contributed by atoms with Crippen LogP contribution in [-0.4, -0.2) is 12.6 Å². The first-order valence-electron chi connectivity index (χ1n) is 5.68. The van der Waals surface area contributed by atoms with Crippen LogP contribution < -0.4 is 10.6 Å². The predicted octanol–water partition coefficient (Wildman–Crippen LogP) is 2.38. The molecule has 1 aromatic rings. The van der Waals surface area contributed by atoms with Crippen LogP contribution in [0.2, 0.25) is 0 Å². The molecule has 1 aliphatic rings. The molecule has 2 rings (SSSR count). The molecule has 0 aliphatic carbocycles. The van der Waals surface area contributed by atoms with Gasteiger partial charge in [-0.1, -0.05) is 6.92 Å². The number of nitrogens with two attached hydrogens (primary N) is 1. The summed E-state index contributed by atoms with van der Waals surface area (Å²) in [5.74, 6) is 0.695. The van der Waals surface area contributed by atoms with Gasteiger partial charge in [-0.15, -0.1) is 0 Å². The number of hydrogen-bond acceptors (Lipinski definition) is 3. The van der Waals surface area contributed by atoms with Crippen LogP contribution in [0.15, 0.2) is 18.2 Å². The summed E-state index contributed by atoms with van der Waals surface area (Å²) in [6, 6.07) is 8.15. The molecule has 0 bridgehead atoms. The molecule has 0 spiro atoms. The molecule has 1 saturated heterocycles. The summed E-state index contributed by atoms with van der Waals surface area (Å²) in [7, 11) is 0. The molecule has 2 N–H and O–H groups in total. The predicted molar refractivity (Wildman–Crippen MR) is 66.2 cm³/mol. The lowest BCUT2D eigenvalue weighted by atomic mass is 10.1. The molecule has 0 saturated carbocycles. The second kappa shape index (κ2) is 4.05. The van der Waals surface area contributed by atoms with Crippen LogP contribution in [0.4, 0.5) is 11.4 Å². The third-order valence-electron chi connectivity index (χ3n) is 3.25. The Morgan fingerprint density at radius 2 is 2.19 bits per heavy atom. The number of benzene rings is 1. The Bertz CT molecular complexity index is 433. The van der Waals surface area contributed by atoms with Crippen LogP contribution in [0.3, 0.4) is 0 Å². The van der Waals surface area contributed by atoms with Crippen molar-refractivity contribution in [1.29, 1.82) is 5.26 Å². The molecule has 0 aromatic heterocycles. The lowest BCUT2D eigenvalue weighted by molar-refractivity contribution is 0.625. The minimum Gasteiger partial charge on any atom is -0.397 e. The van der Waals surface area contributed by atoms with Gasteiger partial charge in [-0.3, -0.25) is 0 Å². The Morgan fingerprint density at radius 3 is 2.75 bits per heavy atom. The monoisotopic (exact) mass is 215 g/mol. The molecule has 0 radical (unpaired) electrons. The second-order valence-electron chi connectivity index (χ2n) is 4.73. The zero-order valence-electron chi connectivity index (χ0n) is 9.77. The molecular formula is C13H17N3. The highest BCUT2D eigenvalue weighted by atomic mass is 15.2. The van der Waals surface area contributed by atoms with E-state index >= 15 is 0 Å². The average Bonchev–Trinajstić information content (AvgIpc) is 2.58. The van der Waals surface area contributed by atoms with E-state index < -0.39 is 0 Å². The molecule has 1 aromatic carbocycles. The van der Waals surface area contributed by atoms with Gasteiger partial charge in [0.05, 0.1) is 23.0 Å². The first kappa shape index (κ1) is 10.8. The standard InChI is InChI=1S/C13H17N3/c1-9-5-10(2)16(8-9)13-6-11(7-14)3-4-12(13)15/h3-4,6,9-10H,5,8,15H2,1-2H3. The minimum atomic E-state index is 0.506. The molecule has 3 nitrogen and oxygen atoms in total. The number of rotatable bonds is 1. The van der Waals surface area contributed by atoms with Crippen molar-refractivity contribution in [1.82, 2.24) is 0 Å². The summed E-state index contributed by atoms with van der Waals surface area (Å²) in [6.07, 6.45) is 1.19. The zero-order valence-corrected chi connectivity index (χ0v) is 9.77. The van der Waals surface area contributed by atoms with E-state index in [1.54, 1.807) is 6.07 Å². The summed E-state index contributed by atoms with van der Waals surface area (Å²) < 4.78 is 0. The maximum Gasteiger partial charge on any atom is 0.0992 e. The molecule has 1 heterocycles. The van der Waals surface area contributed by atoms with Crippen molar-refractivity contribution in [3.8, 4) is 6.07 Å². The van der Waals surface area contributed by atoms with Crippen molar-refractivity contribution < 1.29 is 0 Å². The minimum absolute atomic E-state index is 0.506. The molecule has 2 atom stereocenters. The van der Waals surface area contributed by atoms with Crippen LogP contribution in [-0.2, 0) is 0 Å². The first-order chi connectivity index (χ1) is 7.61. The fourth-order valence-electron chi connectivity index (χ4n) is 2.50. The first-order valence-corrected chi connectivity index (χ1v) is 5.68. The zero-order chi connectivity index (χ0) is 11.7. The Morgan fingerprint density at radius 1 is 1.44 bits per heavy atom. The summed E-state index contributed by atoms with van der Waals surface area (Å²) >= 11 is 0. The summed E-state index contributed by atoms with van der Waals surface area (Å²) in [5, 5.41) is 8.90. The van der Waals surface area contributed by atoms with E-state index in [0.717, 1.165) is 17.9 Å². The van der Waals surface area contributed by atoms with Crippen LogP contribution in [0.1, 0.15) is 25.8 Å². The fourth-order valence-corrected chi connectivity index (χ4v) is 2.50. The SMILES string of the molecule is CC1CC(C)N(c2cc(C#N)ccc2N)C1. The lowest BCUT2D eigenvalue weighted by Crippen LogP contribution is -2.27. The van der Waals surface area contributed by atoms with Gasteiger partial charge in [-0.25, -0.2) is 0 Å². The van der Waals surface area contributed by atoms with E-state index in [2.05, 4.69) is 24.8 Å². The highest BCUT2D eigenvalue weighted by molar-refractivity contribution is 5.70. The van der Waals surface area contributed by atoms with Crippen molar-refractivity contribution in [3.05, 3.63) is 23.8 Å². The van der Waals surface area contributed by atoms with Gasteiger partial charge in [-0.05, 0) is 37.5 Å². The van der Waals surface area contributed by atoms with Gasteiger partial charge in [0.1, 0.15) is 0 Å². The smallest absolute Gasteiger partial charge is 0.0992 e. The van der Waals surface area contributed by atoms with Crippen molar-refractivity contribution in [2.75, 3.05) is 17.2 Å². The maximum atomic E-state index is 8.90. The van der Waals surface area contributed by atoms with Crippen molar-refractivity contribution >= 4 is 11.4 Å². The maximum absolute atomic E-state index is 8.90. The van der Waals surface area contributed by atoms with Gasteiger partial charge >= 0.3 is 0 Å². The number of nitriles is 1. The van der Waals surface area contributed by atoms with Crippen LogP contribution in [0.5, 0.6) is 0 Å². The lowest BCUT2D eigenvalue weighted by Gasteiger charge is -2.25. The number of hydrogen-bond donors (Lipinski definition) is 1. The Kier molecular flexibility index (Phi) is 2.74. The summed E-state index contributed by atoms with van der Waals surface area (Å²) in [6.45, 7) is 5.49. The average molecular weight is 215 g/mol. The van der Waals surface area contributed by atoms with Crippen molar-refractivity contribution in [2.24, 2.45) is 5.92 Å². The van der Waals surface area contributed by atoms with Crippen LogP contribution in [0, 0.1) is 17.2 Å².